The predicted octanol–water partition coefficient (Wildman–Crippen LogP) is 0.279. The molecule has 0 bridgehead atoms. The highest BCUT2D eigenvalue weighted by Gasteiger charge is 2.16. The van der Waals surface area contributed by atoms with E-state index >= 15 is 0 Å². The Hall–Kier alpha value is -2.05. The third kappa shape index (κ3) is 1.92. The molecular weight excluding hydrogens is 232 g/mol. The summed E-state index contributed by atoms with van der Waals surface area (Å²) in [7, 11) is 1.62. The summed E-state index contributed by atoms with van der Waals surface area (Å²) in [6, 6.07) is 0. The van der Waals surface area contributed by atoms with Crippen LogP contribution in [0.25, 0.3) is 11.2 Å². The number of aryl methyl sites for hydroxylation is 3. The average Bonchev–Trinajstić information content (AvgIpc) is 2.84. The fourth-order valence-electron chi connectivity index (χ4n) is 2.02. The normalized spacial score (nSPS) is 11.1. The summed E-state index contributed by atoms with van der Waals surface area (Å²) in [4.78, 5) is 15.6. The van der Waals surface area contributed by atoms with E-state index in [0.717, 1.165) is 23.4 Å². The molecule has 0 aliphatic rings. The Labute approximate surface area is 105 Å². The molecule has 0 atom stereocenters. The van der Waals surface area contributed by atoms with Crippen molar-refractivity contribution < 1.29 is 4.79 Å². The minimum absolute atomic E-state index is 0.0180. The molecule has 0 spiro atoms. The van der Waals surface area contributed by atoms with Gasteiger partial charge in [-0.2, -0.15) is 5.10 Å². The van der Waals surface area contributed by atoms with Gasteiger partial charge in [0.2, 0.25) is 11.9 Å². The van der Waals surface area contributed by atoms with E-state index in [2.05, 4.69) is 15.4 Å². The number of rotatable bonds is 4. The van der Waals surface area contributed by atoms with Crippen LogP contribution < -0.4 is 11.1 Å². The number of anilines is 1. The van der Waals surface area contributed by atoms with Gasteiger partial charge < -0.3 is 11.1 Å². The summed E-state index contributed by atoms with van der Waals surface area (Å²) in [5.74, 6) is 0.409. The van der Waals surface area contributed by atoms with Crippen molar-refractivity contribution in [1.29, 1.82) is 0 Å². The Balaban J connectivity index is 2.42. The van der Waals surface area contributed by atoms with Gasteiger partial charge in [-0.05, 0) is 13.8 Å². The van der Waals surface area contributed by atoms with E-state index in [4.69, 9.17) is 5.73 Å². The molecule has 7 nitrogen and oxygen atoms in total. The molecule has 1 amide bonds. The van der Waals surface area contributed by atoms with Crippen molar-refractivity contribution >= 4 is 23.0 Å². The van der Waals surface area contributed by atoms with E-state index in [-0.39, 0.29) is 5.91 Å². The number of nitrogens with one attached hydrogen (secondary N) is 1. The molecule has 0 aliphatic heterocycles. The van der Waals surface area contributed by atoms with Gasteiger partial charge in [0.15, 0.2) is 5.65 Å². The summed E-state index contributed by atoms with van der Waals surface area (Å²) < 4.78 is 3.70. The molecule has 98 valence electrons. The highest BCUT2D eigenvalue weighted by atomic mass is 16.1. The van der Waals surface area contributed by atoms with Crippen LogP contribution in [0.15, 0.2) is 0 Å². The van der Waals surface area contributed by atoms with Gasteiger partial charge in [-0.15, -0.1) is 0 Å². The van der Waals surface area contributed by atoms with E-state index in [0.29, 0.717) is 18.9 Å². The Morgan fingerprint density at radius 3 is 2.83 bits per heavy atom. The number of aromatic nitrogens is 4. The largest absolute Gasteiger partial charge is 0.369 e. The zero-order chi connectivity index (χ0) is 13.3. The van der Waals surface area contributed by atoms with Gasteiger partial charge in [0.05, 0.1) is 5.69 Å². The molecule has 18 heavy (non-hydrogen) atoms. The number of imidazole rings is 1. The topological polar surface area (TPSA) is 90.8 Å². The van der Waals surface area contributed by atoms with Crippen molar-refractivity contribution in [3.63, 3.8) is 0 Å². The van der Waals surface area contributed by atoms with Crippen LogP contribution in [0, 0.1) is 6.92 Å². The van der Waals surface area contributed by atoms with Crippen LogP contribution in [0.1, 0.15) is 19.0 Å². The Bertz CT molecular complexity index is 582. The molecule has 0 aromatic carbocycles. The van der Waals surface area contributed by atoms with E-state index in [1.807, 2.05) is 23.1 Å². The maximum Gasteiger partial charge on any atom is 0.221 e. The first kappa shape index (κ1) is 12.4. The average molecular weight is 250 g/mol. The van der Waals surface area contributed by atoms with Gasteiger partial charge in [0.25, 0.3) is 0 Å². The first-order chi connectivity index (χ1) is 8.58. The highest BCUT2D eigenvalue weighted by molar-refractivity contribution is 5.79. The molecule has 0 fully saturated rings. The first-order valence-electron chi connectivity index (χ1n) is 5.98. The number of hydrogen-bond donors (Lipinski definition) is 2. The van der Waals surface area contributed by atoms with Crippen LogP contribution in [-0.4, -0.2) is 32.3 Å². The number of amides is 1. The smallest absolute Gasteiger partial charge is 0.221 e. The third-order valence-corrected chi connectivity index (χ3v) is 2.97. The fourth-order valence-corrected chi connectivity index (χ4v) is 2.02. The van der Waals surface area contributed by atoms with Crippen LogP contribution in [0.5, 0.6) is 0 Å². The predicted molar refractivity (Wildman–Crippen MR) is 69.0 cm³/mol. The Morgan fingerprint density at radius 1 is 1.50 bits per heavy atom. The van der Waals surface area contributed by atoms with Crippen molar-refractivity contribution in [1.82, 2.24) is 24.6 Å². The third-order valence-electron chi connectivity index (χ3n) is 2.97. The van der Waals surface area contributed by atoms with Crippen molar-refractivity contribution in [2.45, 2.75) is 33.4 Å². The molecule has 0 radical (unpaired) electrons. The molecule has 0 aliphatic carbocycles. The summed E-state index contributed by atoms with van der Waals surface area (Å²) in [6.07, 6.45) is 0.375. The van der Waals surface area contributed by atoms with Crippen LogP contribution in [0.4, 0.5) is 5.95 Å². The van der Waals surface area contributed by atoms with Gasteiger partial charge in [-0.1, -0.05) is 0 Å². The van der Waals surface area contributed by atoms with Gasteiger partial charge in [-0.25, -0.2) is 9.67 Å². The maximum absolute atomic E-state index is 11.3. The number of fused-ring (bicyclic) bond motifs is 1. The second-order valence-corrected chi connectivity index (χ2v) is 4.12. The Morgan fingerprint density at radius 2 is 2.22 bits per heavy atom. The lowest BCUT2D eigenvalue weighted by Crippen LogP contribution is -2.20. The number of carbonyl (C=O) groups is 1. The standard InChI is InChI=1S/C11H18N6O/c1-4-17-10-9(7(2)15-17)14-11(12)16(10)6-5-8(18)13-3/h4-6H2,1-3H3,(H2,12,14)(H,13,18). The summed E-state index contributed by atoms with van der Waals surface area (Å²) in [5, 5.41) is 6.99. The molecule has 0 saturated carbocycles. The molecule has 0 unspecified atom stereocenters. The Kier molecular flexibility index (Phi) is 3.22. The second kappa shape index (κ2) is 4.67. The van der Waals surface area contributed by atoms with Crippen LogP contribution in [-0.2, 0) is 17.9 Å². The quantitative estimate of drug-likeness (QED) is 0.815. The SMILES string of the molecule is CCn1nc(C)c2nc(N)n(CCC(=O)NC)c21. The minimum atomic E-state index is -0.0180. The van der Waals surface area contributed by atoms with Crippen molar-refractivity contribution in [3.8, 4) is 0 Å². The van der Waals surface area contributed by atoms with E-state index in [9.17, 15) is 4.79 Å². The highest BCUT2D eigenvalue weighted by Crippen LogP contribution is 2.21. The monoisotopic (exact) mass is 250 g/mol. The molecule has 2 rings (SSSR count). The molecule has 3 N–H and O–H groups in total. The summed E-state index contributed by atoms with van der Waals surface area (Å²) in [6.45, 7) is 5.17. The van der Waals surface area contributed by atoms with E-state index < -0.39 is 0 Å². The van der Waals surface area contributed by atoms with Crippen LogP contribution >= 0.6 is 0 Å². The van der Waals surface area contributed by atoms with E-state index in [1.54, 1.807) is 7.05 Å². The lowest BCUT2D eigenvalue weighted by Gasteiger charge is -2.07. The molecule has 0 saturated heterocycles. The van der Waals surface area contributed by atoms with Gasteiger partial charge in [-0.3, -0.25) is 9.36 Å². The van der Waals surface area contributed by atoms with Gasteiger partial charge in [0.1, 0.15) is 5.52 Å². The number of nitrogen functional groups attached to an aromatic ring is 1. The lowest BCUT2D eigenvalue weighted by atomic mass is 10.4. The maximum atomic E-state index is 11.3. The van der Waals surface area contributed by atoms with Crippen LogP contribution in [0.2, 0.25) is 0 Å². The number of carbonyl (C=O) groups excluding carboxylic acids is 1. The number of nitrogens with zero attached hydrogens (tertiary/aromatic N) is 4. The van der Waals surface area contributed by atoms with Crippen molar-refractivity contribution in [3.05, 3.63) is 5.69 Å². The molecule has 2 aromatic heterocycles. The lowest BCUT2D eigenvalue weighted by molar-refractivity contribution is -0.120. The number of nitrogens with two attached hydrogens (primary N) is 1. The number of hydrogen-bond acceptors (Lipinski definition) is 4. The van der Waals surface area contributed by atoms with Gasteiger partial charge in [0, 0.05) is 26.6 Å². The fraction of sp³-hybridized carbons (Fsp3) is 0.545. The minimum Gasteiger partial charge on any atom is -0.369 e. The molecule has 7 heteroatoms. The molecule has 2 aromatic rings. The van der Waals surface area contributed by atoms with Crippen molar-refractivity contribution in [2.24, 2.45) is 0 Å². The summed E-state index contributed by atoms with van der Waals surface area (Å²) >= 11 is 0. The van der Waals surface area contributed by atoms with Crippen LogP contribution in [0.3, 0.4) is 0 Å². The summed E-state index contributed by atoms with van der Waals surface area (Å²) in [5.41, 5.74) is 8.45. The molecular formula is C11H18N6O. The second-order valence-electron chi connectivity index (χ2n) is 4.12. The van der Waals surface area contributed by atoms with E-state index in [1.165, 1.54) is 0 Å². The van der Waals surface area contributed by atoms with Crippen molar-refractivity contribution in [2.75, 3.05) is 12.8 Å². The zero-order valence-electron chi connectivity index (χ0n) is 10.9. The van der Waals surface area contributed by atoms with Gasteiger partial charge >= 0.3 is 0 Å². The molecule has 2 heterocycles. The zero-order valence-corrected chi connectivity index (χ0v) is 10.9. The first-order valence-corrected chi connectivity index (χ1v) is 5.98.